The number of non-ortho nitro benzene ring substituents is 1. The quantitative estimate of drug-likeness (QED) is 0.112. The molecule has 5 rings (SSSR count). The molecule has 1 amide bonds. The second-order valence-electron chi connectivity index (χ2n) is 8.91. The Morgan fingerprint density at radius 2 is 1.35 bits per heavy atom. The second kappa shape index (κ2) is 12.8. The van der Waals surface area contributed by atoms with Crippen molar-refractivity contribution < 1.29 is 14.6 Å². The number of nitro groups is 2. The van der Waals surface area contributed by atoms with Crippen LogP contribution >= 0.6 is 0 Å². The molecule has 43 heavy (non-hydrogen) atoms. The minimum atomic E-state index is -0.987. The zero-order valence-corrected chi connectivity index (χ0v) is 22.3. The van der Waals surface area contributed by atoms with Crippen LogP contribution in [0, 0.1) is 20.2 Å². The Kier molecular flexibility index (Phi) is 8.39. The third-order valence-electron chi connectivity index (χ3n) is 6.13. The number of hydrogen-bond donors (Lipinski definition) is 0. The molecule has 210 valence electrons. The monoisotopic (exact) mass is 571 g/mol. The van der Waals surface area contributed by atoms with Crippen LogP contribution in [-0.4, -0.2) is 37.1 Å². The minimum absolute atomic E-state index is 0.263. The SMILES string of the molecule is O=C(c1ccc([N+](=O)[O-])cc1[N+](=O)[O-])N(N=CC=Cc1ccccc1)c1nnc(-c2ccccc2)c(-c2ccccc2)n1. The number of hydrogen-bond acceptors (Lipinski definition) is 9. The summed E-state index contributed by atoms with van der Waals surface area (Å²) in [6, 6.07) is 30.4. The van der Waals surface area contributed by atoms with Crippen LogP contribution in [0.3, 0.4) is 0 Å². The number of rotatable bonds is 9. The number of aromatic nitrogens is 3. The van der Waals surface area contributed by atoms with Gasteiger partial charge in [0, 0.05) is 23.4 Å². The summed E-state index contributed by atoms with van der Waals surface area (Å²) in [5.74, 6) is -1.25. The van der Waals surface area contributed by atoms with E-state index in [2.05, 4.69) is 20.3 Å². The first-order valence-electron chi connectivity index (χ1n) is 12.8. The van der Waals surface area contributed by atoms with Gasteiger partial charge in [0.1, 0.15) is 17.0 Å². The molecule has 1 heterocycles. The van der Waals surface area contributed by atoms with Crippen LogP contribution in [0.4, 0.5) is 17.3 Å². The van der Waals surface area contributed by atoms with E-state index in [1.807, 2.05) is 91.0 Å². The Morgan fingerprint density at radius 1 is 0.744 bits per heavy atom. The van der Waals surface area contributed by atoms with E-state index < -0.39 is 32.7 Å². The van der Waals surface area contributed by atoms with Gasteiger partial charge in [0.05, 0.1) is 15.9 Å². The lowest BCUT2D eigenvalue weighted by Gasteiger charge is -2.16. The van der Waals surface area contributed by atoms with Gasteiger partial charge in [-0.05, 0) is 17.7 Å². The van der Waals surface area contributed by atoms with Gasteiger partial charge in [-0.15, -0.1) is 10.2 Å². The van der Waals surface area contributed by atoms with Gasteiger partial charge in [-0.3, -0.25) is 25.0 Å². The number of allylic oxidation sites excluding steroid dienone is 1. The third-order valence-corrected chi connectivity index (χ3v) is 6.13. The highest BCUT2D eigenvalue weighted by atomic mass is 16.6. The summed E-state index contributed by atoms with van der Waals surface area (Å²) in [4.78, 5) is 39.9. The van der Waals surface area contributed by atoms with Gasteiger partial charge >= 0.3 is 0 Å². The largest absolute Gasteiger partial charge is 0.289 e. The number of benzene rings is 4. The van der Waals surface area contributed by atoms with Gasteiger partial charge in [0.25, 0.3) is 23.2 Å². The van der Waals surface area contributed by atoms with Gasteiger partial charge in [-0.25, -0.2) is 4.98 Å². The normalized spacial score (nSPS) is 11.1. The summed E-state index contributed by atoms with van der Waals surface area (Å²) >= 11 is 0. The number of nitrogens with zero attached hydrogens (tertiary/aromatic N) is 7. The summed E-state index contributed by atoms with van der Waals surface area (Å²) < 4.78 is 0. The van der Waals surface area contributed by atoms with E-state index in [1.54, 1.807) is 12.2 Å². The number of carbonyl (C=O) groups excluding carboxylic acids is 1. The summed E-state index contributed by atoms with van der Waals surface area (Å²) in [7, 11) is 0. The molecular formula is C31H21N7O5. The summed E-state index contributed by atoms with van der Waals surface area (Å²) in [6.07, 6.45) is 4.62. The Balaban J connectivity index is 1.64. The van der Waals surface area contributed by atoms with Crippen LogP contribution < -0.4 is 5.01 Å². The molecule has 0 saturated carbocycles. The molecule has 1 aromatic heterocycles. The highest BCUT2D eigenvalue weighted by Crippen LogP contribution is 2.31. The fourth-order valence-corrected chi connectivity index (χ4v) is 4.09. The molecule has 12 heteroatoms. The molecule has 0 spiro atoms. The molecule has 0 aliphatic carbocycles. The van der Waals surface area contributed by atoms with Crippen LogP contribution in [0.1, 0.15) is 15.9 Å². The first-order valence-corrected chi connectivity index (χ1v) is 12.8. The molecule has 0 bridgehead atoms. The average molecular weight is 572 g/mol. The molecule has 4 aromatic carbocycles. The number of nitro benzene ring substituents is 2. The number of carbonyl (C=O) groups is 1. The average Bonchev–Trinajstić information content (AvgIpc) is 3.05. The van der Waals surface area contributed by atoms with E-state index in [0.717, 1.165) is 34.3 Å². The Morgan fingerprint density at radius 3 is 1.95 bits per heavy atom. The van der Waals surface area contributed by atoms with E-state index in [0.29, 0.717) is 17.0 Å². The lowest BCUT2D eigenvalue weighted by atomic mass is 10.0. The molecule has 5 aromatic rings. The van der Waals surface area contributed by atoms with Crippen LogP contribution in [-0.2, 0) is 0 Å². The topological polar surface area (TPSA) is 158 Å². The van der Waals surface area contributed by atoms with E-state index in [1.165, 1.54) is 6.21 Å². The molecule has 12 nitrogen and oxygen atoms in total. The van der Waals surface area contributed by atoms with E-state index in [4.69, 9.17) is 0 Å². The number of anilines is 1. The van der Waals surface area contributed by atoms with E-state index >= 15 is 0 Å². The summed E-state index contributed by atoms with van der Waals surface area (Å²) in [5.41, 5.74) is 1.35. The van der Waals surface area contributed by atoms with Crippen molar-refractivity contribution >= 4 is 35.5 Å². The predicted octanol–water partition coefficient (Wildman–Crippen LogP) is 6.37. The number of hydrazone groups is 1. The molecule has 0 N–H and O–H groups in total. The van der Waals surface area contributed by atoms with Crippen molar-refractivity contribution in [3.63, 3.8) is 0 Å². The Hall–Kier alpha value is -6.43. The van der Waals surface area contributed by atoms with Gasteiger partial charge in [0.15, 0.2) is 0 Å². The first kappa shape index (κ1) is 28.1. The standard InChI is InChI=1S/C31H21N7O5/c39-30(26-19-18-25(37(40)41)21-27(26)38(42)43)36(32-20-10-13-22-11-4-1-5-12-22)31-33-28(23-14-6-2-7-15-23)29(34-35-31)24-16-8-3-9-17-24/h1-21H. The van der Waals surface area contributed by atoms with Gasteiger partial charge < -0.3 is 0 Å². The maximum Gasteiger partial charge on any atom is 0.289 e. The molecule has 0 fully saturated rings. The third kappa shape index (κ3) is 6.49. The lowest BCUT2D eigenvalue weighted by Crippen LogP contribution is -2.28. The second-order valence-corrected chi connectivity index (χ2v) is 8.91. The van der Waals surface area contributed by atoms with Crippen molar-refractivity contribution in [2.24, 2.45) is 5.10 Å². The zero-order valence-electron chi connectivity index (χ0n) is 22.3. The van der Waals surface area contributed by atoms with Crippen molar-refractivity contribution in [1.82, 2.24) is 15.2 Å². The number of amides is 1. The van der Waals surface area contributed by atoms with Crippen molar-refractivity contribution in [3.8, 4) is 22.5 Å². The predicted molar refractivity (Wildman–Crippen MR) is 161 cm³/mol. The lowest BCUT2D eigenvalue weighted by molar-refractivity contribution is -0.394. The van der Waals surface area contributed by atoms with Crippen molar-refractivity contribution in [1.29, 1.82) is 0 Å². The molecular weight excluding hydrogens is 550 g/mol. The molecule has 0 aliphatic heterocycles. The van der Waals surface area contributed by atoms with Crippen LogP contribution in [0.15, 0.2) is 120 Å². The van der Waals surface area contributed by atoms with Crippen molar-refractivity contribution in [3.05, 3.63) is 147 Å². The van der Waals surface area contributed by atoms with Crippen LogP contribution in [0.5, 0.6) is 0 Å². The van der Waals surface area contributed by atoms with Crippen LogP contribution in [0.25, 0.3) is 28.6 Å². The van der Waals surface area contributed by atoms with Gasteiger partial charge in [0.2, 0.25) is 0 Å². The van der Waals surface area contributed by atoms with E-state index in [-0.39, 0.29) is 5.95 Å². The molecule has 0 aliphatic rings. The highest BCUT2D eigenvalue weighted by Gasteiger charge is 2.30. The fraction of sp³-hybridized carbons (Fsp3) is 0. The van der Waals surface area contributed by atoms with Crippen LogP contribution in [0.2, 0.25) is 0 Å². The van der Waals surface area contributed by atoms with E-state index in [9.17, 15) is 25.0 Å². The molecule has 0 radical (unpaired) electrons. The molecule has 0 saturated heterocycles. The van der Waals surface area contributed by atoms with Gasteiger partial charge in [-0.1, -0.05) is 97.1 Å². The smallest absolute Gasteiger partial charge is 0.266 e. The maximum absolute atomic E-state index is 13.8. The summed E-state index contributed by atoms with van der Waals surface area (Å²) in [5, 5.41) is 36.6. The Bertz CT molecular complexity index is 1850. The summed E-state index contributed by atoms with van der Waals surface area (Å²) in [6.45, 7) is 0. The van der Waals surface area contributed by atoms with Crippen molar-refractivity contribution in [2.75, 3.05) is 5.01 Å². The molecule has 0 unspecified atom stereocenters. The minimum Gasteiger partial charge on any atom is -0.266 e. The highest BCUT2D eigenvalue weighted by molar-refractivity contribution is 6.08. The van der Waals surface area contributed by atoms with Gasteiger partial charge in [-0.2, -0.15) is 10.1 Å². The first-order chi connectivity index (χ1) is 20.9. The molecule has 0 atom stereocenters. The Labute approximate surface area is 244 Å². The maximum atomic E-state index is 13.8. The zero-order chi connectivity index (χ0) is 30.2. The van der Waals surface area contributed by atoms with Crippen molar-refractivity contribution in [2.45, 2.75) is 0 Å². The fourth-order valence-electron chi connectivity index (χ4n) is 4.09.